The van der Waals surface area contributed by atoms with Crippen LogP contribution in [-0.2, 0) is 19.1 Å². The highest BCUT2D eigenvalue weighted by Gasteiger charge is 2.65. The van der Waals surface area contributed by atoms with Crippen molar-refractivity contribution < 1.29 is 23.5 Å². The first-order valence-electron chi connectivity index (χ1n) is 8.88. The summed E-state index contributed by atoms with van der Waals surface area (Å²) in [5.74, 6) is -4.21. The van der Waals surface area contributed by atoms with Gasteiger partial charge in [-0.1, -0.05) is 18.2 Å². The molecule has 29 heavy (non-hydrogen) atoms. The van der Waals surface area contributed by atoms with Crippen LogP contribution in [0.1, 0.15) is 18.4 Å². The maximum atomic E-state index is 14.0. The van der Waals surface area contributed by atoms with E-state index in [1.54, 1.807) is 6.92 Å². The van der Waals surface area contributed by atoms with Gasteiger partial charge < -0.3 is 21.1 Å². The van der Waals surface area contributed by atoms with E-state index in [9.17, 15) is 24.0 Å². The number of ether oxygens (including phenoxy) is 1. The minimum atomic E-state index is -1.92. The molecule has 1 aromatic rings. The van der Waals surface area contributed by atoms with Gasteiger partial charge >= 0.3 is 5.97 Å². The fraction of sp³-hybridized carbons (Fsp3) is 0.300. The Morgan fingerprint density at radius 1 is 1.34 bits per heavy atom. The smallest absolute Gasteiger partial charge is 0.329 e. The zero-order valence-electron chi connectivity index (χ0n) is 15.5. The summed E-state index contributed by atoms with van der Waals surface area (Å²) in [6, 6.07) is 5.06. The number of amides is 2. The molecule has 0 aliphatic carbocycles. The molecule has 9 heteroatoms. The summed E-state index contributed by atoms with van der Waals surface area (Å²) in [7, 11) is 0. The van der Waals surface area contributed by atoms with Gasteiger partial charge in [0.15, 0.2) is 5.41 Å². The van der Waals surface area contributed by atoms with Crippen LogP contribution in [-0.4, -0.2) is 41.4 Å². The zero-order chi connectivity index (χ0) is 21.3. The van der Waals surface area contributed by atoms with Crippen molar-refractivity contribution in [2.45, 2.75) is 24.9 Å². The number of fused-ring (bicyclic) bond motifs is 1. The third-order valence-electron chi connectivity index (χ3n) is 5.27. The maximum Gasteiger partial charge on any atom is 0.329 e. The lowest BCUT2D eigenvalue weighted by molar-refractivity contribution is -0.148. The van der Waals surface area contributed by atoms with Crippen LogP contribution in [0, 0.1) is 22.6 Å². The Kier molecular flexibility index (Phi) is 5.12. The van der Waals surface area contributed by atoms with Gasteiger partial charge in [-0.25, -0.2) is 9.18 Å². The van der Waals surface area contributed by atoms with Crippen molar-refractivity contribution >= 4 is 17.8 Å². The third-order valence-corrected chi connectivity index (χ3v) is 5.27. The summed E-state index contributed by atoms with van der Waals surface area (Å²) in [4.78, 5) is 38.5. The molecule has 0 saturated carbocycles. The molecule has 4 atom stereocenters. The number of nitrogens with zero attached hydrogens (tertiary/aromatic N) is 2. The van der Waals surface area contributed by atoms with Crippen molar-refractivity contribution in [1.29, 1.82) is 5.26 Å². The quantitative estimate of drug-likeness (QED) is 0.691. The van der Waals surface area contributed by atoms with Crippen LogP contribution in [0.25, 0.3) is 0 Å². The number of carbonyl (C=O) groups excluding carboxylic acids is 3. The number of rotatable bonds is 5. The Morgan fingerprint density at radius 2 is 2.07 bits per heavy atom. The first-order valence-corrected chi connectivity index (χ1v) is 8.88. The Bertz CT molecular complexity index is 983. The second kappa shape index (κ2) is 7.39. The van der Waals surface area contributed by atoms with E-state index in [0.29, 0.717) is 0 Å². The first-order chi connectivity index (χ1) is 13.8. The summed E-state index contributed by atoms with van der Waals surface area (Å²) in [6.45, 7) is 1.65. The minimum Gasteiger partial charge on any atom is -0.464 e. The standard InChI is InChI=1S/C20H19FN4O4/c1-2-29-18(27)16-15(11-4-3-5-13(21)8-11)20(10-22,19(24)28)14-7-6-12(17(23)26)9-25(14)16/h3-9,14-16H,2H2,1H3,(H2,23,26)(H2,24,28)/t14-,15+,16-,20-/m0/s1. The van der Waals surface area contributed by atoms with Crippen LogP contribution in [0.2, 0.25) is 0 Å². The van der Waals surface area contributed by atoms with E-state index in [1.807, 2.05) is 6.07 Å². The fourth-order valence-corrected chi connectivity index (χ4v) is 4.09. The van der Waals surface area contributed by atoms with E-state index in [0.717, 1.165) is 6.07 Å². The summed E-state index contributed by atoms with van der Waals surface area (Å²) in [5.41, 5.74) is 9.41. The van der Waals surface area contributed by atoms with E-state index in [2.05, 4.69) is 0 Å². The van der Waals surface area contributed by atoms with E-state index >= 15 is 0 Å². The first kappa shape index (κ1) is 20.1. The molecule has 1 aromatic carbocycles. The van der Waals surface area contributed by atoms with Crippen LogP contribution in [0.3, 0.4) is 0 Å². The SMILES string of the molecule is CCOC(=O)[C@@H]1[C@@H](c2cccc(F)c2)[C@@](C#N)(C(N)=O)[C@@H]2C=CC(C(N)=O)=CN12. The number of nitrogens with two attached hydrogens (primary N) is 2. The molecule has 1 fully saturated rings. The Labute approximate surface area is 166 Å². The molecule has 0 spiro atoms. The Morgan fingerprint density at radius 3 is 2.62 bits per heavy atom. The van der Waals surface area contributed by atoms with Gasteiger partial charge in [0.25, 0.3) is 0 Å². The predicted molar refractivity (Wildman–Crippen MR) is 98.8 cm³/mol. The van der Waals surface area contributed by atoms with Gasteiger partial charge in [-0.2, -0.15) is 5.26 Å². The predicted octanol–water partition coefficient (Wildman–Crippen LogP) is 0.459. The van der Waals surface area contributed by atoms with Crippen LogP contribution < -0.4 is 11.5 Å². The topological polar surface area (TPSA) is 140 Å². The number of benzene rings is 1. The van der Waals surface area contributed by atoms with Crippen molar-refractivity contribution in [3.05, 3.63) is 59.6 Å². The molecule has 2 amide bonds. The number of hydrogen-bond acceptors (Lipinski definition) is 6. The Balaban J connectivity index is 2.29. The summed E-state index contributed by atoms with van der Waals surface area (Å²) < 4.78 is 19.1. The molecule has 2 aliphatic heterocycles. The van der Waals surface area contributed by atoms with Crippen LogP contribution in [0.15, 0.2) is 48.2 Å². The molecule has 2 aliphatic rings. The highest BCUT2D eigenvalue weighted by molar-refractivity contribution is 5.96. The normalized spacial score (nSPS) is 27.6. The molecule has 4 N–H and O–H groups in total. The van der Waals surface area contributed by atoms with Crippen molar-refractivity contribution in [3.63, 3.8) is 0 Å². The molecular formula is C20H19FN4O4. The van der Waals surface area contributed by atoms with E-state index in [-0.39, 0.29) is 17.7 Å². The van der Waals surface area contributed by atoms with Crippen LogP contribution in [0.4, 0.5) is 4.39 Å². The van der Waals surface area contributed by atoms with Crippen LogP contribution >= 0.6 is 0 Å². The van der Waals surface area contributed by atoms with Crippen molar-refractivity contribution in [3.8, 4) is 6.07 Å². The van der Waals surface area contributed by atoms with Gasteiger partial charge in [-0.15, -0.1) is 0 Å². The second-order valence-corrected chi connectivity index (χ2v) is 6.77. The van der Waals surface area contributed by atoms with E-state index in [1.165, 1.54) is 41.5 Å². The fourth-order valence-electron chi connectivity index (χ4n) is 4.09. The summed E-state index contributed by atoms with van der Waals surface area (Å²) in [6.07, 6.45) is 4.11. The number of primary amides is 2. The molecule has 2 heterocycles. The van der Waals surface area contributed by atoms with Gasteiger partial charge in [-0.05, 0) is 30.7 Å². The van der Waals surface area contributed by atoms with Gasteiger partial charge in [0, 0.05) is 12.1 Å². The van der Waals surface area contributed by atoms with E-state index < -0.39 is 47.0 Å². The van der Waals surface area contributed by atoms with Gasteiger partial charge in [0.1, 0.15) is 11.9 Å². The molecule has 150 valence electrons. The number of halogens is 1. The number of carbonyl (C=O) groups is 3. The maximum absolute atomic E-state index is 14.0. The number of hydrogen-bond donors (Lipinski definition) is 2. The molecular weight excluding hydrogens is 379 g/mol. The second-order valence-electron chi connectivity index (χ2n) is 6.77. The number of esters is 1. The van der Waals surface area contributed by atoms with Crippen LogP contribution in [0.5, 0.6) is 0 Å². The highest BCUT2D eigenvalue weighted by atomic mass is 19.1. The highest BCUT2D eigenvalue weighted by Crippen LogP contribution is 2.53. The average Bonchev–Trinajstić information content (AvgIpc) is 2.98. The monoisotopic (exact) mass is 398 g/mol. The minimum absolute atomic E-state index is 0.0437. The van der Waals surface area contributed by atoms with Crippen molar-refractivity contribution in [1.82, 2.24) is 4.90 Å². The average molecular weight is 398 g/mol. The van der Waals surface area contributed by atoms with Gasteiger partial charge in [0.2, 0.25) is 11.8 Å². The number of nitriles is 1. The summed E-state index contributed by atoms with van der Waals surface area (Å²) >= 11 is 0. The molecule has 0 unspecified atom stereocenters. The molecule has 0 aromatic heterocycles. The molecule has 1 saturated heterocycles. The lowest BCUT2D eigenvalue weighted by Crippen LogP contribution is -2.48. The molecule has 0 bridgehead atoms. The van der Waals surface area contributed by atoms with Gasteiger partial charge in [-0.3, -0.25) is 9.59 Å². The molecule has 0 radical (unpaired) electrons. The van der Waals surface area contributed by atoms with E-state index in [4.69, 9.17) is 16.2 Å². The summed E-state index contributed by atoms with van der Waals surface area (Å²) in [5, 5.41) is 10.1. The molecule has 8 nitrogen and oxygen atoms in total. The lowest BCUT2D eigenvalue weighted by Gasteiger charge is -2.32. The largest absolute Gasteiger partial charge is 0.464 e. The van der Waals surface area contributed by atoms with Crippen molar-refractivity contribution in [2.75, 3.05) is 6.61 Å². The van der Waals surface area contributed by atoms with Crippen molar-refractivity contribution in [2.24, 2.45) is 16.9 Å². The molecule has 3 rings (SSSR count). The lowest BCUT2D eigenvalue weighted by atomic mass is 9.68. The zero-order valence-corrected chi connectivity index (χ0v) is 15.5. The van der Waals surface area contributed by atoms with Gasteiger partial charge in [0.05, 0.1) is 24.3 Å². The Hall–Kier alpha value is -3.67. The third kappa shape index (κ3) is 3.02.